The molecule has 0 saturated heterocycles. The maximum Gasteiger partial charge on any atom is 0.416 e. The Morgan fingerprint density at radius 1 is 1.05 bits per heavy atom. The van der Waals surface area contributed by atoms with Crippen LogP contribution in [0.5, 0.6) is 0 Å². The fourth-order valence-corrected chi connectivity index (χ4v) is 2.36. The van der Waals surface area contributed by atoms with Gasteiger partial charge in [0.2, 0.25) is 10.0 Å². The molecule has 0 radical (unpaired) electrons. The van der Waals surface area contributed by atoms with Crippen molar-refractivity contribution in [3.05, 3.63) is 59.7 Å². The number of nitrogens with two attached hydrogens (primary N) is 1. The highest BCUT2D eigenvalue weighted by atomic mass is 32.2. The molecule has 0 amide bonds. The van der Waals surface area contributed by atoms with Crippen molar-refractivity contribution in [2.24, 2.45) is 5.14 Å². The summed E-state index contributed by atoms with van der Waals surface area (Å²) in [7, 11) is -3.80. The van der Waals surface area contributed by atoms with Crippen molar-refractivity contribution < 1.29 is 21.6 Å². The number of rotatable bonds is 4. The highest BCUT2D eigenvalue weighted by Gasteiger charge is 2.29. The van der Waals surface area contributed by atoms with Gasteiger partial charge in [-0.05, 0) is 35.9 Å². The van der Waals surface area contributed by atoms with Gasteiger partial charge in [0.05, 0.1) is 10.5 Å². The minimum absolute atomic E-state index is 0.0371. The van der Waals surface area contributed by atoms with Crippen molar-refractivity contribution in [2.75, 3.05) is 5.32 Å². The first-order chi connectivity index (χ1) is 10.2. The highest BCUT2D eigenvalue weighted by molar-refractivity contribution is 7.89. The van der Waals surface area contributed by atoms with Crippen molar-refractivity contribution in [1.82, 2.24) is 0 Å². The molecule has 2 aromatic carbocycles. The van der Waals surface area contributed by atoms with Crippen LogP contribution in [0.3, 0.4) is 0 Å². The molecule has 3 N–H and O–H groups in total. The summed E-state index contributed by atoms with van der Waals surface area (Å²) in [6.45, 7) is 0.256. The Bertz CT molecular complexity index is 756. The van der Waals surface area contributed by atoms with Crippen LogP contribution in [0.25, 0.3) is 0 Å². The van der Waals surface area contributed by atoms with Crippen LogP contribution in [0.2, 0.25) is 0 Å². The molecular weight excluding hydrogens is 317 g/mol. The van der Waals surface area contributed by atoms with Crippen LogP contribution in [0.1, 0.15) is 11.1 Å². The predicted octanol–water partition coefficient (Wildman–Crippen LogP) is 2.96. The summed E-state index contributed by atoms with van der Waals surface area (Å²) < 4.78 is 59.8. The van der Waals surface area contributed by atoms with Crippen molar-refractivity contribution in [3.8, 4) is 0 Å². The minimum Gasteiger partial charge on any atom is -0.381 e. The van der Waals surface area contributed by atoms with E-state index in [9.17, 15) is 21.6 Å². The van der Waals surface area contributed by atoms with E-state index in [1.165, 1.54) is 30.3 Å². The number of sulfonamides is 1. The van der Waals surface area contributed by atoms with Gasteiger partial charge in [0.1, 0.15) is 0 Å². The number of alkyl halides is 3. The van der Waals surface area contributed by atoms with Gasteiger partial charge in [-0.1, -0.05) is 18.2 Å². The second kappa shape index (κ2) is 5.98. The SMILES string of the molecule is NS(=O)(=O)c1cccc(NCc2ccc(C(F)(F)F)cc2)c1. The third-order valence-electron chi connectivity index (χ3n) is 2.94. The Morgan fingerprint density at radius 3 is 2.23 bits per heavy atom. The fourth-order valence-electron chi connectivity index (χ4n) is 1.80. The Morgan fingerprint density at radius 2 is 1.68 bits per heavy atom. The van der Waals surface area contributed by atoms with Crippen molar-refractivity contribution >= 4 is 15.7 Å². The lowest BCUT2D eigenvalue weighted by molar-refractivity contribution is -0.137. The lowest BCUT2D eigenvalue weighted by atomic mass is 10.1. The average molecular weight is 330 g/mol. The molecule has 0 spiro atoms. The molecule has 0 aliphatic heterocycles. The van der Waals surface area contributed by atoms with Gasteiger partial charge >= 0.3 is 6.18 Å². The van der Waals surface area contributed by atoms with Gasteiger partial charge in [-0.15, -0.1) is 0 Å². The normalized spacial score (nSPS) is 12.2. The molecule has 0 heterocycles. The molecule has 22 heavy (non-hydrogen) atoms. The first-order valence-electron chi connectivity index (χ1n) is 6.19. The fraction of sp³-hybridized carbons (Fsp3) is 0.143. The lowest BCUT2D eigenvalue weighted by Crippen LogP contribution is -2.12. The second-order valence-corrected chi connectivity index (χ2v) is 6.18. The van der Waals surface area contributed by atoms with Gasteiger partial charge in [0, 0.05) is 12.2 Å². The zero-order valence-electron chi connectivity index (χ0n) is 11.3. The molecule has 0 aromatic heterocycles. The van der Waals surface area contributed by atoms with Crippen LogP contribution in [-0.4, -0.2) is 8.42 Å². The topological polar surface area (TPSA) is 72.2 Å². The van der Waals surface area contributed by atoms with E-state index in [0.29, 0.717) is 11.3 Å². The lowest BCUT2D eigenvalue weighted by Gasteiger charge is -2.10. The highest BCUT2D eigenvalue weighted by Crippen LogP contribution is 2.29. The quantitative estimate of drug-likeness (QED) is 0.905. The summed E-state index contributed by atoms with van der Waals surface area (Å²) in [5.74, 6) is 0. The van der Waals surface area contributed by atoms with Gasteiger partial charge in [-0.25, -0.2) is 13.6 Å². The first kappa shape index (κ1) is 16.3. The van der Waals surface area contributed by atoms with Crippen LogP contribution >= 0.6 is 0 Å². The standard InChI is InChI=1S/C14H13F3N2O2S/c15-14(16,17)11-6-4-10(5-7-11)9-19-12-2-1-3-13(8-12)22(18,20)21/h1-8,19H,9H2,(H2,18,20,21). The zero-order valence-corrected chi connectivity index (χ0v) is 12.1. The Labute approximate surface area is 125 Å². The van der Waals surface area contributed by atoms with Gasteiger partial charge < -0.3 is 5.32 Å². The Hall–Kier alpha value is -2.06. The first-order valence-corrected chi connectivity index (χ1v) is 7.74. The number of primary sulfonamides is 1. The molecule has 0 bridgehead atoms. The van der Waals surface area contributed by atoms with Crippen molar-refractivity contribution in [3.63, 3.8) is 0 Å². The summed E-state index contributed by atoms with van der Waals surface area (Å²) in [6.07, 6.45) is -4.37. The number of hydrogen-bond donors (Lipinski definition) is 2. The monoisotopic (exact) mass is 330 g/mol. The third-order valence-corrected chi connectivity index (χ3v) is 3.85. The summed E-state index contributed by atoms with van der Waals surface area (Å²) in [5.41, 5.74) is 0.424. The maximum absolute atomic E-state index is 12.4. The number of nitrogens with one attached hydrogen (secondary N) is 1. The largest absolute Gasteiger partial charge is 0.416 e. The van der Waals surface area contributed by atoms with Crippen LogP contribution in [-0.2, 0) is 22.7 Å². The van der Waals surface area contributed by atoms with E-state index in [4.69, 9.17) is 5.14 Å². The molecule has 0 saturated carbocycles. The van der Waals surface area contributed by atoms with Crippen LogP contribution in [0, 0.1) is 0 Å². The number of hydrogen-bond acceptors (Lipinski definition) is 3. The number of benzene rings is 2. The van der Waals surface area contributed by atoms with Gasteiger partial charge in [-0.3, -0.25) is 0 Å². The predicted molar refractivity (Wildman–Crippen MR) is 76.6 cm³/mol. The number of halogens is 3. The summed E-state index contributed by atoms with van der Waals surface area (Å²) in [5, 5.41) is 7.96. The molecule has 2 rings (SSSR count). The minimum atomic E-state index is -4.37. The summed E-state index contributed by atoms with van der Waals surface area (Å²) in [4.78, 5) is -0.0371. The second-order valence-electron chi connectivity index (χ2n) is 4.62. The third kappa shape index (κ3) is 4.22. The van der Waals surface area contributed by atoms with Gasteiger partial charge in [0.25, 0.3) is 0 Å². The van der Waals surface area contributed by atoms with Gasteiger partial charge in [-0.2, -0.15) is 13.2 Å². The summed E-state index contributed by atoms with van der Waals surface area (Å²) in [6, 6.07) is 10.6. The van der Waals surface area contributed by atoms with Crippen molar-refractivity contribution in [2.45, 2.75) is 17.6 Å². The van der Waals surface area contributed by atoms with Crippen LogP contribution < -0.4 is 10.5 Å². The molecule has 4 nitrogen and oxygen atoms in total. The molecule has 0 aliphatic carbocycles. The number of anilines is 1. The van der Waals surface area contributed by atoms with E-state index in [1.54, 1.807) is 6.07 Å². The van der Waals surface area contributed by atoms with Crippen molar-refractivity contribution in [1.29, 1.82) is 0 Å². The van der Waals surface area contributed by atoms with E-state index in [0.717, 1.165) is 12.1 Å². The molecule has 2 aromatic rings. The van der Waals surface area contributed by atoms with E-state index in [1.807, 2.05) is 0 Å². The summed E-state index contributed by atoms with van der Waals surface area (Å²) >= 11 is 0. The molecule has 0 atom stereocenters. The molecule has 8 heteroatoms. The molecule has 118 valence electrons. The average Bonchev–Trinajstić information content (AvgIpc) is 2.44. The van der Waals surface area contributed by atoms with Gasteiger partial charge in [0.15, 0.2) is 0 Å². The van der Waals surface area contributed by atoms with E-state index >= 15 is 0 Å². The maximum atomic E-state index is 12.4. The van der Waals surface area contributed by atoms with Crippen LogP contribution in [0.15, 0.2) is 53.4 Å². The molecular formula is C14H13F3N2O2S. The van der Waals surface area contributed by atoms with E-state index < -0.39 is 21.8 Å². The van der Waals surface area contributed by atoms with E-state index in [2.05, 4.69) is 5.32 Å². The van der Waals surface area contributed by atoms with Crippen LogP contribution in [0.4, 0.5) is 18.9 Å². The molecule has 0 unspecified atom stereocenters. The smallest absolute Gasteiger partial charge is 0.381 e. The Kier molecular flexibility index (Phi) is 4.43. The molecule has 0 aliphatic rings. The van der Waals surface area contributed by atoms with E-state index in [-0.39, 0.29) is 11.4 Å². The zero-order chi connectivity index (χ0) is 16.4. The Balaban J connectivity index is 2.07. The molecule has 0 fully saturated rings.